The molecular weight excluding hydrogens is 160 g/mol. The lowest BCUT2D eigenvalue weighted by Gasteiger charge is -2.26. The van der Waals surface area contributed by atoms with Crippen molar-refractivity contribution in [2.24, 2.45) is 0 Å². The maximum atomic E-state index is 9.48. The first-order valence-electron chi connectivity index (χ1n) is 4.29. The van der Waals surface area contributed by atoms with Gasteiger partial charge >= 0.3 is 0 Å². The van der Waals surface area contributed by atoms with Crippen LogP contribution in [0.25, 0.3) is 0 Å². The molecule has 1 saturated heterocycles. The van der Waals surface area contributed by atoms with Crippen molar-refractivity contribution < 1.29 is 19.3 Å². The van der Waals surface area contributed by atoms with Gasteiger partial charge in [-0.05, 0) is 6.92 Å². The molecule has 72 valence electrons. The number of ether oxygens (including phenoxy) is 3. The van der Waals surface area contributed by atoms with Gasteiger partial charge in [-0.2, -0.15) is 0 Å². The second-order valence-corrected chi connectivity index (χ2v) is 2.71. The molecule has 0 aromatic heterocycles. The third-order valence-electron chi connectivity index (χ3n) is 1.76. The van der Waals surface area contributed by atoms with Gasteiger partial charge < -0.3 is 19.3 Å². The summed E-state index contributed by atoms with van der Waals surface area (Å²) in [6.07, 6.45) is -0.782. The highest BCUT2D eigenvalue weighted by Gasteiger charge is 2.22. The monoisotopic (exact) mass is 176 g/mol. The van der Waals surface area contributed by atoms with E-state index in [1.54, 1.807) is 0 Å². The molecule has 0 saturated carbocycles. The van der Waals surface area contributed by atoms with E-state index in [0.717, 1.165) is 0 Å². The molecule has 0 bridgehead atoms. The number of rotatable bonds is 4. The van der Waals surface area contributed by atoms with Crippen LogP contribution >= 0.6 is 0 Å². The van der Waals surface area contributed by atoms with E-state index in [-0.39, 0.29) is 6.10 Å². The number of hydrogen-bond acceptors (Lipinski definition) is 4. The fourth-order valence-corrected chi connectivity index (χ4v) is 1.07. The van der Waals surface area contributed by atoms with Crippen LogP contribution in [-0.2, 0) is 14.2 Å². The van der Waals surface area contributed by atoms with Crippen molar-refractivity contribution in [2.45, 2.75) is 19.1 Å². The molecule has 0 spiro atoms. The van der Waals surface area contributed by atoms with E-state index >= 15 is 0 Å². The van der Waals surface area contributed by atoms with Gasteiger partial charge in [-0.25, -0.2) is 0 Å². The lowest BCUT2D eigenvalue weighted by Crippen LogP contribution is -2.40. The van der Waals surface area contributed by atoms with Gasteiger partial charge in [0.1, 0.15) is 12.2 Å². The molecule has 12 heavy (non-hydrogen) atoms. The molecule has 1 aliphatic rings. The minimum absolute atomic E-state index is 0.217. The van der Waals surface area contributed by atoms with Crippen molar-refractivity contribution in [2.75, 3.05) is 33.0 Å². The van der Waals surface area contributed by atoms with Crippen LogP contribution < -0.4 is 0 Å². The molecule has 0 aromatic rings. The van der Waals surface area contributed by atoms with Crippen LogP contribution in [0.15, 0.2) is 0 Å². The van der Waals surface area contributed by atoms with E-state index < -0.39 is 6.10 Å². The van der Waals surface area contributed by atoms with Gasteiger partial charge in [-0.15, -0.1) is 0 Å². The summed E-state index contributed by atoms with van der Waals surface area (Å²) in [6, 6.07) is 0. The molecule has 1 heterocycles. The van der Waals surface area contributed by atoms with E-state index in [2.05, 4.69) is 0 Å². The fourth-order valence-electron chi connectivity index (χ4n) is 1.07. The Hall–Kier alpha value is -0.160. The molecule has 0 amide bonds. The Balaban J connectivity index is 2.15. The lowest BCUT2D eigenvalue weighted by atomic mass is 10.2. The highest BCUT2D eigenvalue weighted by atomic mass is 16.6. The summed E-state index contributed by atoms with van der Waals surface area (Å²) in [4.78, 5) is 0. The summed E-state index contributed by atoms with van der Waals surface area (Å²) in [5.74, 6) is 0. The largest absolute Gasteiger partial charge is 0.388 e. The zero-order chi connectivity index (χ0) is 8.81. The van der Waals surface area contributed by atoms with Crippen LogP contribution in [0.3, 0.4) is 0 Å². The van der Waals surface area contributed by atoms with Gasteiger partial charge in [0.25, 0.3) is 0 Å². The molecule has 0 aliphatic carbocycles. The van der Waals surface area contributed by atoms with E-state index in [9.17, 15) is 5.11 Å². The number of hydrogen-bond donors (Lipinski definition) is 1. The molecular formula is C8H16O4. The van der Waals surface area contributed by atoms with E-state index in [0.29, 0.717) is 33.0 Å². The third-order valence-corrected chi connectivity index (χ3v) is 1.76. The summed E-state index contributed by atoms with van der Waals surface area (Å²) in [5, 5.41) is 9.48. The summed E-state index contributed by atoms with van der Waals surface area (Å²) < 4.78 is 15.5. The van der Waals surface area contributed by atoms with Crippen molar-refractivity contribution in [3.05, 3.63) is 0 Å². The van der Waals surface area contributed by atoms with Gasteiger partial charge in [0.2, 0.25) is 0 Å². The smallest absolute Gasteiger partial charge is 0.109 e. The van der Waals surface area contributed by atoms with Crippen LogP contribution in [-0.4, -0.2) is 50.3 Å². The molecule has 1 rings (SSSR count). The predicted octanol–water partition coefficient (Wildman–Crippen LogP) is -0.201. The summed E-state index contributed by atoms with van der Waals surface area (Å²) >= 11 is 0. The quantitative estimate of drug-likeness (QED) is 0.644. The van der Waals surface area contributed by atoms with Crippen LogP contribution in [0.5, 0.6) is 0 Å². The average molecular weight is 176 g/mol. The van der Waals surface area contributed by atoms with Crippen molar-refractivity contribution in [3.8, 4) is 0 Å². The number of aliphatic hydroxyl groups excluding tert-OH is 1. The SMILES string of the molecule is CCOCC(O)C1COCCO1. The van der Waals surface area contributed by atoms with E-state index in [1.165, 1.54) is 0 Å². The zero-order valence-electron chi connectivity index (χ0n) is 7.36. The first-order valence-corrected chi connectivity index (χ1v) is 4.29. The summed E-state index contributed by atoms with van der Waals surface area (Å²) in [6.45, 7) is 4.49. The molecule has 1 aliphatic heterocycles. The Kier molecular flexibility index (Phi) is 4.53. The molecule has 1 N–H and O–H groups in total. The fraction of sp³-hybridized carbons (Fsp3) is 1.00. The van der Waals surface area contributed by atoms with Gasteiger partial charge in [-0.1, -0.05) is 0 Å². The average Bonchev–Trinajstić information content (AvgIpc) is 2.15. The minimum Gasteiger partial charge on any atom is -0.388 e. The molecule has 2 atom stereocenters. The maximum Gasteiger partial charge on any atom is 0.109 e. The maximum absolute atomic E-state index is 9.48. The van der Waals surface area contributed by atoms with Crippen molar-refractivity contribution in [1.29, 1.82) is 0 Å². The Labute approximate surface area is 72.4 Å². The molecule has 1 fully saturated rings. The van der Waals surface area contributed by atoms with Crippen LogP contribution in [0, 0.1) is 0 Å². The van der Waals surface area contributed by atoms with Crippen LogP contribution in [0.4, 0.5) is 0 Å². The second-order valence-electron chi connectivity index (χ2n) is 2.71. The van der Waals surface area contributed by atoms with Gasteiger partial charge in [0.15, 0.2) is 0 Å². The van der Waals surface area contributed by atoms with Crippen LogP contribution in [0.1, 0.15) is 6.92 Å². The van der Waals surface area contributed by atoms with Crippen LogP contribution in [0.2, 0.25) is 0 Å². The minimum atomic E-state index is -0.565. The van der Waals surface area contributed by atoms with E-state index in [1.807, 2.05) is 6.92 Å². The Morgan fingerprint density at radius 3 is 3.00 bits per heavy atom. The standard InChI is InChI=1S/C8H16O4/c1-2-10-5-7(9)8-6-11-3-4-12-8/h7-9H,2-6H2,1H3. The van der Waals surface area contributed by atoms with Gasteiger partial charge in [-0.3, -0.25) is 0 Å². The topological polar surface area (TPSA) is 47.9 Å². The molecule has 4 heteroatoms. The molecule has 2 unspecified atom stereocenters. The highest BCUT2D eigenvalue weighted by Crippen LogP contribution is 2.05. The first kappa shape index (κ1) is 9.92. The second kappa shape index (κ2) is 5.48. The van der Waals surface area contributed by atoms with Crippen molar-refractivity contribution in [1.82, 2.24) is 0 Å². The highest BCUT2D eigenvalue weighted by molar-refractivity contribution is 4.70. The Bertz CT molecular complexity index is 112. The predicted molar refractivity (Wildman–Crippen MR) is 43.1 cm³/mol. The first-order chi connectivity index (χ1) is 5.84. The van der Waals surface area contributed by atoms with Gasteiger partial charge in [0, 0.05) is 6.61 Å². The number of aliphatic hydroxyl groups is 1. The molecule has 4 nitrogen and oxygen atoms in total. The van der Waals surface area contributed by atoms with Crippen molar-refractivity contribution >= 4 is 0 Å². The third kappa shape index (κ3) is 3.06. The Morgan fingerprint density at radius 1 is 1.58 bits per heavy atom. The molecule has 0 aromatic carbocycles. The summed E-state index contributed by atoms with van der Waals surface area (Å²) in [5.41, 5.74) is 0. The van der Waals surface area contributed by atoms with E-state index in [4.69, 9.17) is 14.2 Å². The van der Waals surface area contributed by atoms with Crippen molar-refractivity contribution in [3.63, 3.8) is 0 Å². The Morgan fingerprint density at radius 2 is 2.42 bits per heavy atom. The summed E-state index contributed by atoms with van der Waals surface area (Å²) in [7, 11) is 0. The normalized spacial score (nSPS) is 27.0. The molecule has 0 radical (unpaired) electrons. The van der Waals surface area contributed by atoms with Gasteiger partial charge in [0.05, 0.1) is 26.4 Å². The lowest BCUT2D eigenvalue weighted by molar-refractivity contribution is -0.144. The zero-order valence-corrected chi connectivity index (χ0v) is 7.36.